The molecule has 0 spiro atoms. The summed E-state index contributed by atoms with van der Waals surface area (Å²) in [7, 11) is 0. The van der Waals surface area contributed by atoms with Crippen molar-refractivity contribution in [1.29, 1.82) is 0 Å². The SMILES string of the molecule is Cc1cc(N(N)CCOC(=O)Nc2ccc(C(=O)/C=C/c3ccccn3)cc2)no1. The third-order valence-corrected chi connectivity index (χ3v) is 3.98. The molecule has 0 aliphatic carbocycles. The summed E-state index contributed by atoms with van der Waals surface area (Å²) in [5.74, 6) is 6.73. The topological polar surface area (TPSA) is 124 Å². The highest BCUT2D eigenvalue weighted by Gasteiger charge is 2.09. The van der Waals surface area contributed by atoms with Crippen LogP contribution >= 0.6 is 0 Å². The van der Waals surface area contributed by atoms with Crippen LogP contribution in [-0.4, -0.2) is 35.2 Å². The number of anilines is 2. The molecule has 1 amide bonds. The second-order valence-corrected chi connectivity index (χ2v) is 6.28. The van der Waals surface area contributed by atoms with Crippen LogP contribution in [0.3, 0.4) is 0 Å². The number of amides is 1. The first-order chi connectivity index (χ1) is 14.5. The molecule has 30 heavy (non-hydrogen) atoms. The Balaban J connectivity index is 1.44. The number of benzene rings is 1. The molecular formula is C21H21N5O4. The lowest BCUT2D eigenvalue weighted by Gasteiger charge is -2.14. The predicted molar refractivity (Wildman–Crippen MR) is 112 cm³/mol. The fourth-order valence-corrected chi connectivity index (χ4v) is 2.44. The van der Waals surface area contributed by atoms with E-state index < -0.39 is 6.09 Å². The molecule has 1 aromatic carbocycles. The normalized spacial score (nSPS) is 10.7. The number of nitrogens with one attached hydrogen (secondary N) is 1. The third kappa shape index (κ3) is 6.01. The summed E-state index contributed by atoms with van der Waals surface area (Å²) in [5.41, 5.74) is 1.69. The molecule has 0 saturated heterocycles. The summed E-state index contributed by atoms with van der Waals surface area (Å²) in [6.45, 7) is 2.06. The number of carbonyl (C=O) groups is 2. The van der Waals surface area contributed by atoms with E-state index in [9.17, 15) is 9.59 Å². The molecule has 0 aliphatic rings. The molecule has 3 rings (SSSR count). The number of carbonyl (C=O) groups excluding carboxylic acids is 2. The maximum Gasteiger partial charge on any atom is 0.411 e. The number of nitrogens with zero attached hydrogens (tertiary/aromatic N) is 3. The van der Waals surface area contributed by atoms with Crippen LogP contribution in [0, 0.1) is 6.92 Å². The van der Waals surface area contributed by atoms with Crippen molar-refractivity contribution in [2.45, 2.75) is 6.92 Å². The largest absolute Gasteiger partial charge is 0.447 e. The molecule has 0 bridgehead atoms. The molecule has 0 saturated carbocycles. The van der Waals surface area contributed by atoms with Gasteiger partial charge >= 0.3 is 6.09 Å². The molecular weight excluding hydrogens is 386 g/mol. The Morgan fingerprint density at radius 3 is 2.70 bits per heavy atom. The number of nitrogens with two attached hydrogens (primary N) is 1. The first-order valence-electron chi connectivity index (χ1n) is 9.14. The van der Waals surface area contributed by atoms with Crippen molar-refractivity contribution in [3.05, 3.63) is 77.8 Å². The van der Waals surface area contributed by atoms with Gasteiger partial charge in [0.2, 0.25) is 0 Å². The molecule has 2 aromatic heterocycles. The second-order valence-electron chi connectivity index (χ2n) is 6.28. The van der Waals surface area contributed by atoms with E-state index in [1.54, 1.807) is 61.7 Å². The third-order valence-electron chi connectivity index (χ3n) is 3.98. The van der Waals surface area contributed by atoms with Gasteiger partial charge in [0.1, 0.15) is 12.4 Å². The molecule has 0 aliphatic heterocycles. The Labute approximate surface area is 173 Å². The lowest BCUT2D eigenvalue weighted by Crippen LogP contribution is -2.35. The number of ketones is 1. The van der Waals surface area contributed by atoms with Crippen molar-refractivity contribution >= 4 is 29.5 Å². The molecule has 9 heteroatoms. The number of hydrogen-bond donors (Lipinski definition) is 2. The maximum atomic E-state index is 12.2. The van der Waals surface area contributed by atoms with Crippen LogP contribution < -0.4 is 16.2 Å². The quantitative estimate of drug-likeness (QED) is 0.252. The number of hydrogen-bond acceptors (Lipinski definition) is 8. The lowest BCUT2D eigenvalue weighted by atomic mass is 10.1. The summed E-state index contributed by atoms with van der Waals surface area (Å²) in [4.78, 5) is 28.2. The highest BCUT2D eigenvalue weighted by Crippen LogP contribution is 2.12. The van der Waals surface area contributed by atoms with Gasteiger partial charge in [-0.05, 0) is 55.5 Å². The van der Waals surface area contributed by atoms with E-state index in [0.29, 0.717) is 28.5 Å². The monoisotopic (exact) mass is 407 g/mol. The zero-order valence-corrected chi connectivity index (χ0v) is 16.3. The van der Waals surface area contributed by atoms with E-state index in [1.807, 2.05) is 6.07 Å². The van der Waals surface area contributed by atoms with Crippen LogP contribution in [0.2, 0.25) is 0 Å². The Morgan fingerprint density at radius 2 is 2.03 bits per heavy atom. The first kappa shape index (κ1) is 20.7. The van der Waals surface area contributed by atoms with E-state index >= 15 is 0 Å². The smallest absolute Gasteiger partial charge is 0.411 e. The number of aromatic nitrogens is 2. The van der Waals surface area contributed by atoms with Crippen LogP contribution in [0.5, 0.6) is 0 Å². The highest BCUT2D eigenvalue weighted by molar-refractivity contribution is 6.07. The Bertz CT molecular complexity index is 1020. The van der Waals surface area contributed by atoms with E-state index in [2.05, 4.69) is 15.5 Å². The van der Waals surface area contributed by atoms with Gasteiger partial charge in [0.25, 0.3) is 0 Å². The molecule has 2 heterocycles. The second kappa shape index (κ2) is 9.99. The van der Waals surface area contributed by atoms with Gasteiger partial charge in [0.05, 0.1) is 12.2 Å². The number of pyridine rings is 1. The Kier molecular flexibility index (Phi) is 6.91. The first-order valence-corrected chi connectivity index (χ1v) is 9.14. The maximum absolute atomic E-state index is 12.2. The number of hydrazine groups is 1. The van der Waals surface area contributed by atoms with E-state index in [1.165, 1.54) is 11.1 Å². The molecule has 0 atom stereocenters. The number of allylic oxidation sites excluding steroid dienone is 1. The van der Waals surface area contributed by atoms with Crippen molar-refractivity contribution in [2.24, 2.45) is 5.84 Å². The molecule has 3 aromatic rings. The van der Waals surface area contributed by atoms with E-state index in [0.717, 1.165) is 0 Å². The van der Waals surface area contributed by atoms with Crippen molar-refractivity contribution < 1.29 is 18.8 Å². The summed E-state index contributed by atoms with van der Waals surface area (Å²) in [6, 6.07) is 13.6. The number of rotatable bonds is 8. The van der Waals surface area contributed by atoms with Gasteiger partial charge in [0.15, 0.2) is 11.6 Å². The average Bonchev–Trinajstić information content (AvgIpc) is 3.19. The van der Waals surface area contributed by atoms with Gasteiger partial charge in [-0.25, -0.2) is 10.6 Å². The molecule has 9 nitrogen and oxygen atoms in total. The molecule has 0 unspecified atom stereocenters. The molecule has 0 fully saturated rings. The standard InChI is InChI=1S/C21H21N5O4/c1-15-14-20(25-30-15)26(22)12-13-29-21(28)24-18-7-5-16(6-8-18)19(27)10-9-17-4-2-3-11-23-17/h2-11,14H,12-13,22H2,1H3,(H,24,28)/b10-9+. The zero-order valence-electron chi connectivity index (χ0n) is 16.3. The van der Waals surface area contributed by atoms with Crippen LogP contribution in [0.25, 0.3) is 6.08 Å². The van der Waals surface area contributed by atoms with Crippen molar-refractivity contribution in [3.63, 3.8) is 0 Å². The number of ether oxygens (including phenoxy) is 1. The summed E-state index contributed by atoms with van der Waals surface area (Å²) < 4.78 is 10.0. The van der Waals surface area contributed by atoms with E-state index in [-0.39, 0.29) is 18.9 Å². The van der Waals surface area contributed by atoms with Gasteiger partial charge in [-0.2, -0.15) is 0 Å². The average molecular weight is 407 g/mol. The van der Waals surface area contributed by atoms with Crippen molar-refractivity contribution in [1.82, 2.24) is 10.1 Å². The minimum atomic E-state index is -0.631. The minimum Gasteiger partial charge on any atom is -0.447 e. The summed E-state index contributed by atoms with van der Waals surface area (Å²) in [6.07, 6.45) is 4.12. The highest BCUT2D eigenvalue weighted by atomic mass is 16.5. The Hall–Kier alpha value is -3.98. The molecule has 154 valence electrons. The van der Waals surface area contributed by atoms with Gasteiger partial charge < -0.3 is 9.26 Å². The summed E-state index contributed by atoms with van der Waals surface area (Å²) in [5, 5.41) is 7.68. The summed E-state index contributed by atoms with van der Waals surface area (Å²) >= 11 is 0. The van der Waals surface area contributed by atoms with Gasteiger partial charge in [-0.1, -0.05) is 11.2 Å². The predicted octanol–water partition coefficient (Wildman–Crippen LogP) is 3.20. The van der Waals surface area contributed by atoms with Crippen LogP contribution in [-0.2, 0) is 4.74 Å². The lowest BCUT2D eigenvalue weighted by molar-refractivity contribution is 0.104. The van der Waals surface area contributed by atoms with Crippen molar-refractivity contribution in [3.8, 4) is 0 Å². The molecule has 0 radical (unpaired) electrons. The van der Waals surface area contributed by atoms with Crippen LogP contribution in [0.15, 0.2) is 65.3 Å². The zero-order chi connectivity index (χ0) is 21.3. The van der Waals surface area contributed by atoms with Crippen molar-refractivity contribution in [2.75, 3.05) is 23.5 Å². The molecule has 3 N–H and O–H groups in total. The van der Waals surface area contributed by atoms with Gasteiger partial charge in [-0.15, -0.1) is 0 Å². The Morgan fingerprint density at radius 1 is 1.23 bits per heavy atom. The fraction of sp³-hybridized carbons (Fsp3) is 0.143. The minimum absolute atomic E-state index is 0.0587. The number of aryl methyl sites for hydroxylation is 1. The van der Waals surface area contributed by atoms with Crippen LogP contribution in [0.1, 0.15) is 21.8 Å². The van der Waals surface area contributed by atoms with Gasteiger partial charge in [0, 0.05) is 23.5 Å². The van der Waals surface area contributed by atoms with Gasteiger partial charge in [-0.3, -0.25) is 20.1 Å². The fourth-order valence-electron chi connectivity index (χ4n) is 2.44. The van der Waals surface area contributed by atoms with E-state index in [4.69, 9.17) is 15.1 Å². The van der Waals surface area contributed by atoms with Crippen LogP contribution in [0.4, 0.5) is 16.3 Å².